The number of fused-ring (bicyclic) bond motifs is 1. The highest BCUT2D eigenvalue weighted by Gasteiger charge is 2.22. The van der Waals surface area contributed by atoms with Gasteiger partial charge in [0.05, 0.1) is 6.33 Å². The molecule has 2 heterocycles. The quantitative estimate of drug-likeness (QED) is 0.512. The van der Waals surface area contributed by atoms with E-state index < -0.39 is 0 Å². The third-order valence-electron chi connectivity index (χ3n) is 5.41. The average molecular weight is 357 g/mol. The standard InChI is InChI=1S/C23H20FN3/c24-18-9-5-16(6-10-18)22-20-3-1-2-4-21(20)23(26-22)17-7-11-19(12-8-17)27-14-13-25-15-27/h5-15,26H,1-4H2. The van der Waals surface area contributed by atoms with Crippen molar-refractivity contribution in [3.8, 4) is 28.2 Å². The summed E-state index contributed by atoms with van der Waals surface area (Å²) >= 11 is 0. The molecule has 0 spiro atoms. The van der Waals surface area contributed by atoms with Crippen LogP contribution in [0.5, 0.6) is 0 Å². The first kappa shape index (κ1) is 16.1. The molecule has 0 saturated carbocycles. The van der Waals surface area contributed by atoms with E-state index in [2.05, 4.69) is 34.2 Å². The molecule has 2 aromatic carbocycles. The van der Waals surface area contributed by atoms with Gasteiger partial charge in [-0.25, -0.2) is 9.37 Å². The van der Waals surface area contributed by atoms with E-state index in [1.807, 2.05) is 22.9 Å². The Bertz CT molecular complexity index is 1060. The molecule has 1 N–H and O–H groups in total. The molecular formula is C23H20FN3. The van der Waals surface area contributed by atoms with Crippen molar-refractivity contribution in [2.45, 2.75) is 25.7 Å². The largest absolute Gasteiger partial charge is 0.354 e. The Morgan fingerprint density at radius 2 is 1.41 bits per heavy atom. The molecule has 0 unspecified atom stereocenters. The van der Waals surface area contributed by atoms with Gasteiger partial charge in [-0.3, -0.25) is 0 Å². The van der Waals surface area contributed by atoms with Crippen LogP contribution in [0.15, 0.2) is 67.3 Å². The van der Waals surface area contributed by atoms with Crippen molar-refractivity contribution in [1.82, 2.24) is 14.5 Å². The lowest BCUT2D eigenvalue weighted by Crippen LogP contribution is -2.01. The van der Waals surface area contributed by atoms with E-state index in [9.17, 15) is 4.39 Å². The van der Waals surface area contributed by atoms with Gasteiger partial charge in [0.15, 0.2) is 0 Å². The van der Waals surface area contributed by atoms with Gasteiger partial charge in [0.1, 0.15) is 5.82 Å². The van der Waals surface area contributed by atoms with Crippen LogP contribution in [-0.2, 0) is 12.8 Å². The fourth-order valence-corrected chi connectivity index (χ4v) is 4.05. The SMILES string of the molecule is Fc1ccc(-c2[nH]c(-c3ccc(-n4ccnc4)cc3)c3c2CCCC3)cc1. The van der Waals surface area contributed by atoms with Crippen molar-refractivity contribution in [1.29, 1.82) is 0 Å². The lowest BCUT2D eigenvalue weighted by Gasteiger charge is -2.14. The summed E-state index contributed by atoms with van der Waals surface area (Å²) in [6.07, 6.45) is 10.1. The summed E-state index contributed by atoms with van der Waals surface area (Å²) in [6, 6.07) is 15.3. The number of hydrogen-bond acceptors (Lipinski definition) is 1. The van der Waals surface area contributed by atoms with Crippen molar-refractivity contribution in [2.75, 3.05) is 0 Å². The van der Waals surface area contributed by atoms with Crippen molar-refractivity contribution < 1.29 is 4.39 Å². The summed E-state index contributed by atoms with van der Waals surface area (Å²) in [6.45, 7) is 0. The number of aromatic nitrogens is 3. The monoisotopic (exact) mass is 357 g/mol. The highest BCUT2D eigenvalue weighted by Crippen LogP contribution is 2.38. The molecule has 27 heavy (non-hydrogen) atoms. The predicted molar refractivity (Wildman–Crippen MR) is 105 cm³/mol. The second-order valence-corrected chi connectivity index (χ2v) is 7.06. The minimum absolute atomic E-state index is 0.200. The van der Waals surface area contributed by atoms with Crippen LogP contribution >= 0.6 is 0 Å². The van der Waals surface area contributed by atoms with Gasteiger partial charge in [0.2, 0.25) is 0 Å². The van der Waals surface area contributed by atoms with Crippen molar-refractivity contribution >= 4 is 0 Å². The molecule has 0 aliphatic heterocycles. The third-order valence-corrected chi connectivity index (χ3v) is 5.41. The summed E-state index contributed by atoms with van der Waals surface area (Å²) < 4.78 is 15.3. The number of nitrogens with zero attached hydrogens (tertiary/aromatic N) is 2. The maximum Gasteiger partial charge on any atom is 0.123 e. The fraction of sp³-hybridized carbons (Fsp3) is 0.174. The number of imidazole rings is 1. The summed E-state index contributed by atoms with van der Waals surface area (Å²) in [5.74, 6) is -0.200. The van der Waals surface area contributed by atoms with E-state index in [0.717, 1.165) is 29.8 Å². The van der Waals surface area contributed by atoms with Crippen LogP contribution in [0.25, 0.3) is 28.2 Å². The Morgan fingerprint density at radius 3 is 1.96 bits per heavy atom. The maximum atomic E-state index is 13.3. The number of rotatable bonds is 3. The molecule has 0 amide bonds. The van der Waals surface area contributed by atoms with Gasteiger partial charge in [-0.2, -0.15) is 0 Å². The second-order valence-electron chi connectivity index (χ2n) is 7.06. The fourth-order valence-electron chi connectivity index (χ4n) is 4.05. The number of H-pyrrole nitrogens is 1. The molecule has 1 aliphatic rings. The van der Waals surface area contributed by atoms with Gasteiger partial charge in [0, 0.05) is 29.5 Å². The molecule has 3 nitrogen and oxygen atoms in total. The van der Waals surface area contributed by atoms with E-state index >= 15 is 0 Å². The first-order chi connectivity index (χ1) is 13.3. The smallest absolute Gasteiger partial charge is 0.123 e. The van der Waals surface area contributed by atoms with Crippen molar-refractivity contribution in [3.63, 3.8) is 0 Å². The Balaban J connectivity index is 1.59. The first-order valence-corrected chi connectivity index (χ1v) is 9.38. The predicted octanol–water partition coefficient (Wildman–Crippen LogP) is 5.55. The minimum atomic E-state index is -0.200. The number of benzene rings is 2. The van der Waals surface area contributed by atoms with Crippen LogP contribution in [0.1, 0.15) is 24.0 Å². The second kappa shape index (κ2) is 6.54. The van der Waals surface area contributed by atoms with Gasteiger partial charge >= 0.3 is 0 Å². The normalized spacial score (nSPS) is 13.5. The average Bonchev–Trinajstić information content (AvgIpc) is 3.37. The van der Waals surface area contributed by atoms with Crippen LogP contribution in [0.2, 0.25) is 0 Å². The topological polar surface area (TPSA) is 33.6 Å². The Hall–Kier alpha value is -3.14. The van der Waals surface area contributed by atoms with E-state index in [-0.39, 0.29) is 5.82 Å². The van der Waals surface area contributed by atoms with Gasteiger partial charge < -0.3 is 9.55 Å². The Labute approximate surface area is 157 Å². The Morgan fingerprint density at radius 1 is 0.815 bits per heavy atom. The number of hydrogen-bond donors (Lipinski definition) is 1. The number of halogens is 1. The van der Waals surface area contributed by atoms with E-state index in [4.69, 9.17) is 0 Å². The summed E-state index contributed by atoms with van der Waals surface area (Å²) in [5, 5.41) is 0. The summed E-state index contributed by atoms with van der Waals surface area (Å²) in [5.41, 5.74) is 8.47. The van der Waals surface area contributed by atoms with Gasteiger partial charge in [-0.1, -0.05) is 12.1 Å². The van der Waals surface area contributed by atoms with Crippen LogP contribution in [0.3, 0.4) is 0 Å². The van der Waals surface area contributed by atoms with Gasteiger partial charge in [0.25, 0.3) is 0 Å². The zero-order valence-electron chi connectivity index (χ0n) is 15.0. The van der Waals surface area contributed by atoms with Crippen LogP contribution in [-0.4, -0.2) is 14.5 Å². The van der Waals surface area contributed by atoms with Crippen molar-refractivity contribution in [2.24, 2.45) is 0 Å². The molecule has 4 aromatic rings. The molecule has 4 heteroatoms. The zero-order valence-corrected chi connectivity index (χ0v) is 15.0. The third kappa shape index (κ3) is 2.87. The molecule has 0 fully saturated rings. The van der Waals surface area contributed by atoms with Gasteiger partial charge in [-0.15, -0.1) is 0 Å². The molecule has 2 aromatic heterocycles. The molecule has 0 atom stereocenters. The molecule has 134 valence electrons. The van der Waals surface area contributed by atoms with E-state index in [1.54, 1.807) is 12.5 Å². The highest BCUT2D eigenvalue weighted by atomic mass is 19.1. The summed E-state index contributed by atoms with van der Waals surface area (Å²) in [7, 11) is 0. The lowest BCUT2D eigenvalue weighted by atomic mass is 9.89. The maximum absolute atomic E-state index is 13.3. The van der Waals surface area contributed by atoms with Gasteiger partial charge in [-0.05, 0) is 84.3 Å². The Kier molecular flexibility index (Phi) is 3.89. The van der Waals surface area contributed by atoms with Crippen LogP contribution in [0, 0.1) is 5.82 Å². The molecule has 1 aliphatic carbocycles. The summed E-state index contributed by atoms with van der Waals surface area (Å²) in [4.78, 5) is 7.77. The van der Waals surface area contributed by atoms with E-state index in [1.165, 1.54) is 47.4 Å². The van der Waals surface area contributed by atoms with E-state index in [0.29, 0.717) is 0 Å². The number of nitrogens with one attached hydrogen (secondary N) is 1. The molecule has 0 saturated heterocycles. The van der Waals surface area contributed by atoms with Crippen molar-refractivity contribution in [3.05, 3.63) is 84.2 Å². The number of aromatic amines is 1. The lowest BCUT2D eigenvalue weighted by molar-refractivity contribution is 0.628. The molecular weight excluding hydrogens is 337 g/mol. The first-order valence-electron chi connectivity index (χ1n) is 9.38. The highest BCUT2D eigenvalue weighted by molar-refractivity contribution is 5.76. The zero-order chi connectivity index (χ0) is 18.2. The molecule has 0 radical (unpaired) electrons. The minimum Gasteiger partial charge on any atom is -0.354 e. The van der Waals surface area contributed by atoms with Crippen LogP contribution in [0.4, 0.5) is 4.39 Å². The van der Waals surface area contributed by atoms with Crippen LogP contribution < -0.4 is 0 Å². The molecule has 0 bridgehead atoms. The molecule has 5 rings (SSSR count).